The summed E-state index contributed by atoms with van der Waals surface area (Å²) in [6.45, 7) is 2.67. The van der Waals surface area contributed by atoms with Gasteiger partial charge in [-0.25, -0.2) is 0 Å². The minimum atomic E-state index is -0.261. The third-order valence-electron chi connectivity index (χ3n) is 4.28. The lowest BCUT2D eigenvalue weighted by molar-refractivity contribution is -0.129. The number of morpholine rings is 1. The van der Waals surface area contributed by atoms with E-state index in [2.05, 4.69) is 5.32 Å². The highest BCUT2D eigenvalue weighted by atomic mass is 16.5. The molecule has 3 rings (SSSR count). The summed E-state index contributed by atoms with van der Waals surface area (Å²) in [5, 5.41) is 2.88. The fraction of sp³-hybridized carbons (Fsp3) is 0.300. The lowest BCUT2D eigenvalue weighted by Gasteiger charge is -2.33. The molecule has 0 radical (unpaired) electrons. The number of anilines is 1. The zero-order valence-electron chi connectivity index (χ0n) is 14.9. The van der Waals surface area contributed by atoms with Crippen molar-refractivity contribution >= 4 is 17.5 Å². The zero-order chi connectivity index (χ0) is 18.5. The van der Waals surface area contributed by atoms with Crippen LogP contribution < -0.4 is 15.0 Å². The van der Waals surface area contributed by atoms with Crippen LogP contribution in [0.3, 0.4) is 0 Å². The maximum Gasteiger partial charge on any atom is 0.253 e. The number of nitrogens with zero attached hydrogens (tertiary/aromatic N) is 1. The van der Waals surface area contributed by atoms with Crippen LogP contribution in [0.2, 0.25) is 0 Å². The third-order valence-corrected chi connectivity index (χ3v) is 4.28. The topological polar surface area (TPSA) is 67.9 Å². The molecule has 2 aromatic carbocycles. The molecule has 2 amide bonds. The Labute approximate surface area is 152 Å². The number of amides is 2. The summed E-state index contributed by atoms with van der Waals surface area (Å²) in [5.74, 6) is 0.484. The highest BCUT2D eigenvalue weighted by molar-refractivity contribution is 5.95. The molecule has 1 fully saturated rings. The van der Waals surface area contributed by atoms with Gasteiger partial charge < -0.3 is 19.7 Å². The number of ether oxygens (including phenoxy) is 2. The Kier molecular flexibility index (Phi) is 5.53. The Morgan fingerprint density at radius 3 is 2.73 bits per heavy atom. The van der Waals surface area contributed by atoms with E-state index in [9.17, 15) is 9.59 Å². The highest BCUT2D eigenvalue weighted by Crippen LogP contribution is 2.22. The first-order valence-corrected chi connectivity index (χ1v) is 8.47. The van der Waals surface area contributed by atoms with Gasteiger partial charge in [0.2, 0.25) is 0 Å². The van der Waals surface area contributed by atoms with Gasteiger partial charge in [0.15, 0.2) is 0 Å². The van der Waals surface area contributed by atoms with E-state index in [0.717, 1.165) is 17.0 Å². The van der Waals surface area contributed by atoms with E-state index in [1.54, 1.807) is 18.1 Å². The minimum Gasteiger partial charge on any atom is -0.497 e. The van der Waals surface area contributed by atoms with Crippen molar-refractivity contribution in [3.8, 4) is 5.75 Å². The molecule has 6 heteroatoms. The van der Waals surface area contributed by atoms with Crippen molar-refractivity contribution in [1.29, 1.82) is 0 Å². The van der Waals surface area contributed by atoms with Crippen LogP contribution in [-0.4, -0.2) is 44.7 Å². The Bertz CT molecular complexity index is 789. The molecule has 0 saturated carbocycles. The summed E-state index contributed by atoms with van der Waals surface area (Å²) in [6.07, 6.45) is -0.261. The fourth-order valence-electron chi connectivity index (χ4n) is 2.86. The predicted octanol–water partition coefficient (Wildman–Crippen LogP) is 2.17. The van der Waals surface area contributed by atoms with E-state index in [1.807, 2.05) is 49.4 Å². The van der Waals surface area contributed by atoms with Crippen molar-refractivity contribution in [2.45, 2.75) is 13.0 Å². The predicted molar refractivity (Wildman–Crippen MR) is 98.6 cm³/mol. The first-order chi connectivity index (χ1) is 12.6. The quantitative estimate of drug-likeness (QED) is 0.894. The van der Waals surface area contributed by atoms with Crippen LogP contribution >= 0.6 is 0 Å². The maximum absolute atomic E-state index is 12.3. The number of carbonyl (C=O) groups is 2. The Morgan fingerprint density at radius 2 is 2.04 bits per heavy atom. The SMILES string of the molecule is COc1ccc(N2CC(CNC(=O)c3cccc(C)c3)OCC2=O)cc1. The van der Waals surface area contributed by atoms with Gasteiger partial charge >= 0.3 is 0 Å². The van der Waals surface area contributed by atoms with Crippen LogP contribution in [0.4, 0.5) is 5.69 Å². The molecule has 26 heavy (non-hydrogen) atoms. The number of carbonyl (C=O) groups excluding carboxylic acids is 2. The van der Waals surface area contributed by atoms with E-state index in [-0.39, 0.29) is 24.5 Å². The number of nitrogens with one attached hydrogen (secondary N) is 1. The highest BCUT2D eigenvalue weighted by Gasteiger charge is 2.27. The fourth-order valence-corrected chi connectivity index (χ4v) is 2.86. The Balaban J connectivity index is 1.60. The second-order valence-electron chi connectivity index (χ2n) is 6.21. The maximum atomic E-state index is 12.3. The van der Waals surface area contributed by atoms with Gasteiger partial charge in [0.1, 0.15) is 12.4 Å². The summed E-state index contributed by atoms with van der Waals surface area (Å²) < 4.78 is 10.7. The summed E-state index contributed by atoms with van der Waals surface area (Å²) >= 11 is 0. The number of hydrogen-bond acceptors (Lipinski definition) is 4. The molecule has 0 aliphatic carbocycles. The van der Waals surface area contributed by atoms with Gasteiger partial charge in [0, 0.05) is 17.8 Å². The van der Waals surface area contributed by atoms with Crippen LogP contribution in [0.15, 0.2) is 48.5 Å². The van der Waals surface area contributed by atoms with Gasteiger partial charge in [-0.1, -0.05) is 17.7 Å². The van der Waals surface area contributed by atoms with Crippen molar-refractivity contribution in [2.75, 3.05) is 31.7 Å². The molecule has 2 aromatic rings. The molecule has 1 aliphatic rings. The Morgan fingerprint density at radius 1 is 1.27 bits per heavy atom. The number of aryl methyl sites for hydroxylation is 1. The summed E-state index contributed by atoms with van der Waals surface area (Å²) in [6, 6.07) is 14.7. The van der Waals surface area contributed by atoms with Crippen molar-refractivity contribution in [2.24, 2.45) is 0 Å². The molecule has 136 valence electrons. The first kappa shape index (κ1) is 17.9. The van der Waals surface area contributed by atoms with Gasteiger partial charge in [0.05, 0.1) is 19.8 Å². The molecular weight excluding hydrogens is 332 g/mol. The van der Waals surface area contributed by atoms with Crippen LogP contribution in [-0.2, 0) is 9.53 Å². The molecule has 6 nitrogen and oxygen atoms in total. The zero-order valence-corrected chi connectivity index (χ0v) is 14.9. The molecule has 0 spiro atoms. The molecule has 1 N–H and O–H groups in total. The molecule has 1 unspecified atom stereocenters. The standard InChI is InChI=1S/C20H22N2O4/c1-14-4-3-5-15(10-14)20(24)21-11-18-12-22(19(23)13-26-18)16-6-8-17(25-2)9-7-16/h3-10,18H,11-13H2,1-2H3,(H,21,24). The molecule has 1 aliphatic heterocycles. The lowest BCUT2D eigenvalue weighted by Crippen LogP contribution is -2.50. The third kappa shape index (κ3) is 4.21. The number of benzene rings is 2. The summed E-state index contributed by atoms with van der Waals surface area (Å²) in [5.41, 5.74) is 2.43. The largest absolute Gasteiger partial charge is 0.497 e. The molecule has 1 heterocycles. The second-order valence-corrected chi connectivity index (χ2v) is 6.21. The average Bonchev–Trinajstić information content (AvgIpc) is 2.67. The van der Waals surface area contributed by atoms with Gasteiger partial charge in [-0.05, 0) is 43.3 Å². The molecule has 1 atom stereocenters. The van der Waals surface area contributed by atoms with Crippen molar-refractivity contribution in [1.82, 2.24) is 5.32 Å². The van der Waals surface area contributed by atoms with Crippen LogP contribution in [0, 0.1) is 6.92 Å². The van der Waals surface area contributed by atoms with Crippen molar-refractivity contribution in [3.63, 3.8) is 0 Å². The van der Waals surface area contributed by atoms with Gasteiger partial charge in [-0.15, -0.1) is 0 Å². The van der Waals surface area contributed by atoms with Crippen LogP contribution in [0.25, 0.3) is 0 Å². The van der Waals surface area contributed by atoms with Gasteiger partial charge in [-0.3, -0.25) is 9.59 Å². The summed E-state index contributed by atoms with van der Waals surface area (Å²) in [7, 11) is 1.60. The van der Waals surface area contributed by atoms with E-state index in [0.29, 0.717) is 18.7 Å². The molecular formula is C20H22N2O4. The van der Waals surface area contributed by atoms with E-state index in [1.165, 1.54) is 0 Å². The Hall–Kier alpha value is -2.86. The van der Waals surface area contributed by atoms with Crippen LogP contribution in [0.5, 0.6) is 5.75 Å². The molecule has 0 aromatic heterocycles. The first-order valence-electron chi connectivity index (χ1n) is 8.47. The van der Waals surface area contributed by atoms with E-state index >= 15 is 0 Å². The number of hydrogen-bond donors (Lipinski definition) is 1. The second kappa shape index (κ2) is 8.01. The lowest BCUT2D eigenvalue weighted by atomic mass is 10.1. The van der Waals surface area contributed by atoms with Crippen molar-refractivity contribution < 1.29 is 19.1 Å². The smallest absolute Gasteiger partial charge is 0.253 e. The van der Waals surface area contributed by atoms with E-state index < -0.39 is 0 Å². The molecule has 0 bridgehead atoms. The summed E-state index contributed by atoms with van der Waals surface area (Å²) in [4.78, 5) is 26.1. The average molecular weight is 354 g/mol. The number of rotatable bonds is 5. The molecule has 1 saturated heterocycles. The van der Waals surface area contributed by atoms with E-state index in [4.69, 9.17) is 9.47 Å². The normalized spacial score (nSPS) is 17.1. The number of methoxy groups -OCH3 is 1. The van der Waals surface area contributed by atoms with Gasteiger partial charge in [-0.2, -0.15) is 0 Å². The minimum absolute atomic E-state index is 0.00296. The van der Waals surface area contributed by atoms with Gasteiger partial charge in [0.25, 0.3) is 11.8 Å². The monoisotopic (exact) mass is 354 g/mol. The van der Waals surface area contributed by atoms with Crippen molar-refractivity contribution in [3.05, 3.63) is 59.7 Å². The van der Waals surface area contributed by atoms with Crippen LogP contribution in [0.1, 0.15) is 15.9 Å².